The quantitative estimate of drug-likeness (QED) is 0.756. The van der Waals surface area contributed by atoms with E-state index in [1.54, 1.807) is 31.3 Å². The monoisotopic (exact) mass is 395 g/mol. The topological polar surface area (TPSA) is 78.5 Å². The lowest BCUT2D eigenvalue weighted by molar-refractivity contribution is -0.133. The maximum atomic E-state index is 12.2. The van der Waals surface area contributed by atoms with Crippen LogP contribution in [0.5, 0.6) is 0 Å². The van der Waals surface area contributed by atoms with Crippen LogP contribution in [0.25, 0.3) is 0 Å². The van der Waals surface area contributed by atoms with Crippen LogP contribution < -0.4 is 10.6 Å². The van der Waals surface area contributed by atoms with Gasteiger partial charge in [0.2, 0.25) is 11.8 Å². The Kier molecular flexibility index (Phi) is 7.53. The van der Waals surface area contributed by atoms with E-state index < -0.39 is 0 Å². The Morgan fingerprint density at radius 1 is 0.931 bits per heavy atom. The van der Waals surface area contributed by atoms with Gasteiger partial charge in [-0.3, -0.25) is 14.4 Å². The summed E-state index contributed by atoms with van der Waals surface area (Å²) >= 11 is 0. The first-order chi connectivity index (χ1) is 13.7. The molecule has 0 saturated heterocycles. The fourth-order valence-corrected chi connectivity index (χ4v) is 2.72. The van der Waals surface area contributed by atoms with Gasteiger partial charge in [-0.15, -0.1) is 0 Å². The molecule has 0 saturated carbocycles. The number of para-hydroxylation sites is 1. The minimum atomic E-state index is -0.268. The Labute approximate surface area is 172 Å². The Morgan fingerprint density at radius 3 is 2.14 bits per heavy atom. The number of nitrogens with one attached hydrogen (secondary N) is 2. The first-order valence-corrected chi connectivity index (χ1v) is 9.64. The van der Waals surface area contributed by atoms with Gasteiger partial charge < -0.3 is 15.5 Å². The van der Waals surface area contributed by atoms with Crippen LogP contribution in [-0.2, 0) is 15.0 Å². The molecule has 0 aromatic heterocycles. The summed E-state index contributed by atoms with van der Waals surface area (Å²) in [7, 11) is 1.57. The van der Waals surface area contributed by atoms with Crippen molar-refractivity contribution in [2.45, 2.75) is 32.6 Å². The average molecular weight is 396 g/mol. The molecule has 0 aliphatic rings. The van der Waals surface area contributed by atoms with Gasteiger partial charge in [-0.2, -0.15) is 0 Å². The SMILES string of the molecule is CN(CC(=O)Nc1ccccc1)C(=O)CCNC(=O)c1ccc(C(C)(C)C)cc1. The summed E-state index contributed by atoms with van der Waals surface area (Å²) in [5, 5.41) is 5.49. The van der Waals surface area contributed by atoms with E-state index in [-0.39, 0.29) is 42.6 Å². The highest BCUT2D eigenvalue weighted by Gasteiger charge is 2.15. The second-order valence-electron chi connectivity index (χ2n) is 8.00. The smallest absolute Gasteiger partial charge is 0.251 e. The first kappa shape index (κ1) is 22.1. The minimum Gasteiger partial charge on any atom is -0.352 e. The molecule has 6 nitrogen and oxygen atoms in total. The molecule has 0 radical (unpaired) electrons. The molecule has 2 rings (SSSR count). The summed E-state index contributed by atoms with van der Waals surface area (Å²) in [5.41, 5.74) is 2.42. The molecule has 154 valence electrons. The summed E-state index contributed by atoms with van der Waals surface area (Å²) < 4.78 is 0. The Hall–Kier alpha value is -3.15. The summed E-state index contributed by atoms with van der Waals surface area (Å²) in [6, 6.07) is 16.5. The molecule has 0 fully saturated rings. The van der Waals surface area contributed by atoms with E-state index in [0.717, 1.165) is 5.56 Å². The number of carbonyl (C=O) groups is 3. The highest BCUT2D eigenvalue weighted by atomic mass is 16.2. The number of benzene rings is 2. The van der Waals surface area contributed by atoms with Gasteiger partial charge in [0, 0.05) is 31.3 Å². The van der Waals surface area contributed by atoms with E-state index >= 15 is 0 Å². The van der Waals surface area contributed by atoms with Crippen LogP contribution in [0.2, 0.25) is 0 Å². The van der Waals surface area contributed by atoms with E-state index in [4.69, 9.17) is 0 Å². The molecule has 0 bridgehead atoms. The number of hydrogen-bond acceptors (Lipinski definition) is 3. The molecule has 0 unspecified atom stereocenters. The molecule has 0 aliphatic carbocycles. The average Bonchev–Trinajstić information content (AvgIpc) is 2.67. The number of anilines is 1. The van der Waals surface area contributed by atoms with Crippen molar-refractivity contribution in [2.75, 3.05) is 25.5 Å². The molecular formula is C23H29N3O3. The van der Waals surface area contributed by atoms with Crippen LogP contribution in [0.3, 0.4) is 0 Å². The van der Waals surface area contributed by atoms with Gasteiger partial charge in [0.05, 0.1) is 6.54 Å². The second-order valence-corrected chi connectivity index (χ2v) is 8.00. The number of hydrogen-bond donors (Lipinski definition) is 2. The van der Waals surface area contributed by atoms with Crippen molar-refractivity contribution >= 4 is 23.4 Å². The van der Waals surface area contributed by atoms with Gasteiger partial charge in [0.1, 0.15) is 0 Å². The molecule has 0 spiro atoms. The zero-order valence-corrected chi connectivity index (χ0v) is 17.5. The van der Waals surface area contributed by atoms with Crippen molar-refractivity contribution < 1.29 is 14.4 Å². The van der Waals surface area contributed by atoms with E-state index in [1.165, 1.54) is 4.90 Å². The molecule has 3 amide bonds. The number of carbonyl (C=O) groups excluding carboxylic acids is 3. The van der Waals surface area contributed by atoms with Crippen molar-refractivity contribution in [3.63, 3.8) is 0 Å². The Balaban J connectivity index is 1.75. The third-order valence-electron chi connectivity index (χ3n) is 4.50. The van der Waals surface area contributed by atoms with E-state index in [1.807, 2.05) is 30.3 Å². The van der Waals surface area contributed by atoms with Crippen LogP contribution in [0.15, 0.2) is 54.6 Å². The summed E-state index contributed by atoms with van der Waals surface area (Å²) in [5.74, 6) is -0.700. The minimum absolute atomic E-state index is 0.0266. The number of rotatable bonds is 7. The predicted octanol–water partition coefficient (Wildman–Crippen LogP) is 3.20. The van der Waals surface area contributed by atoms with Crippen LogP contribution in [0.1, 0.15) is 43.1 Å². The zero-order valence-electron chi connectivity index (χ0n) is 17.5. The number of nitrogens with zero attached hydrogens (tertiary/aromatic N) is 1. The highest BCUT2D eigenvalue weighted by Crippen LogP contribution is 2.22. The molecule has 29 heavy (non-hydrogen) atoms. The normalized spacial score (nSPS) is 10.9. The van der Waals surface area contributed by atoms with Crippen LogP contribution in [0, 0.1) is 0 Å². The molecule has 2 aromatic carbocycles. The predicted molar refractivity (Wildman–Crippen MR) is 115 cm³/mol. The second kappa shape index (κ2) is 9.87. The largest absolute Gasteiger partial charge is 0.352 e. The van der Waals surface area contributed by atoms with Gasteiger partial charge in [-0.25, -0.2) is 0 Å². The molecule has 0 heterocycles. The zero-order chi connectivity index (χ0) is 21.4. The van der Waals surface area contributed by atoms with Crippen molar-refractivity contribution in [3.8, 4) is 0 Å². The van der Waals surface area contributed by atoms with Gasteiger partial charge in [0.25, 0.3) is 5.91 Å². The molecule has 0 atom stereocenters. The first-order valence-electron chi connectivity index (χ1n) is 9.64. The third kappa shape index (κ3) is 7.07. The van der Waals surface area contributed by atoms with Crippen molar-refractivity contribution in [1.82, 2.24) is 10.2 Å². The Morgan fingerprint density at radius 2 is 1.55 bits per heavy atom. The lowest BCUT2D eigenvalue weighted by Gasteiger charge is -2.19. The maximum absolute atomic E-state index is 12.2. The number of likely N-dealkylation sites (N-methyl/N-ethyl adjacent to an activating group) is 1. The van der Waals surface area contributed by atoms with Gasteiger partial charge in [0.15, 0.2) is 0 Å². The fourth-order valence-electron chi connectivity index (χ4n) is 2.72. The van der Waals surface area contributed by atoms with E-state index in [9.17, 15) is 14.4 Å². The van der Waals surface area contributed by atoms with Gasteiger partial charge in [-0.05, 0) is 35.2 Å². The molecule has 2 aromatic rings. The van der Waals surface area contributed by atoms with E-state index in [0.29, 0.717) is 11.3 Å². The van der Waals surface area contributed by atoms with Crippen molar-refractivity contribution in [2.24, 2.45) is 0 Å². The third-order valence-corrected chi connectivity index (χ3v) is 4.50. The molecule has 0 aliphatic heterocycles. The Bertz CT molecular complexity index is 840. The summed E-state index contributed by atoms with van der Waals surface area (Å²) in [6.07, 6.45) is 0.126. The molecule has 2 N–H and O–H groups in total. The van der Waals surface area contributed by atoms with Crippen molar-refractivity contribution in [1.29, 1.82) is 0 Å². The molecular weight excluding hydrogens is 366 g/mol. The lowest BCUT2D eigenvalue weighted by Crippen LogP contribution is -2.37. The van der Waals surface area contributed by atoms with Crippen LogP contribution in [-0.4, -0.2) is 42.8 Å². The van der Waals surface area contributed by atoms with Gasteiger partial charge in [-0.1, -0.05) is 51.1 Å². The van der Waals surface area contributed by atoms with Gasteiger partial charge >= 0.3 is 0 Å². The van der Waals surface area contributed by atoms with Crippen LogP contribution >= 0.6 is 0 Å². The van der Waals surface area contributed by atoms with Crippen molar-refractivity contribution in [3.05, 3.63) is 65.7 Å². The maximum Gasteiger partial charge on any atom is 0.251 e. The molecule has 6 heteroatoms. The number of amides is 3. The standard InChI is InChI=1S/C23H29N3O3/c1-23(2,3)18-12-10-17(11-13-18)22(29)24-15-14-21(28)26(4)16-20(27)25-19-8-6-5-7-9-19/h5-13H,14-16H2,1-4H3,(H,24,29)(H,25,27). The summed E-state index contributed by atoms with van der Waals surface area (Å²) in [6.45, 7) is 6.51. The lowest BCUT2D eigenvalue weighted by atomic mass is 9.87. The van der Waals surface area contributed by atoms with E-state index in [2.05, 4.69) is 31.4 Å². The summed E-state index contributed by atoms with van der Waals surface area (Å²) in [4.78, 5) is 37.8. The fraction of sp³-hybridized carbons (Fsp3) is 0.348. The van der Waals surface area contributed by atoms with Crippen LogP contribution in [0.4, 0.5) is 5.69 Å². The highest BCUT2D eigenvalue weighted by molar-refractivity contribution is 5.95.